The van der Waals surface area contributed by atoms with Crippen LogP contribution >= 0.6 is 0 Å². The maximum absolute atomic E-state index is 13.4. The lowest BCUT2D eigenvalue weighted by Crippen LogP contribution is -2.39. The van der Waals surface area contributed by atoms with Gasteiger partial charge < -0.3 is 10.2 Å². The van der Waals surface area contributed by atoms with Crippen molar-refractivity contribution in [1.82, 2.24) is 25.1 Å². The van der Waals surface area contributed by atoms with Gasteiger partial charge in [0.05, 0.1) is 6.42 Å². The second-order valence-electron chi connectivity index (χ2n) is 9.39. The number of anilines is 2. The van der Waals surface area contributed by atoms with Crippen molar-refractivity contribution in [2.45, 2.75) is 51.4 Å². The highest BCUT2D eigenvalue weighted by atomic mass is 19.2. The number of aryl methyl sites for hydroxylation is 1. The number of aromatic nitrogens is 4. The van der Waals surface area contributed by atoms with Crippen LogP contribution in [0.3, 0.4) is 0 Å². The number of H-pyrrole nitrogens is 1. The van der Waals surface area contributed by atoms with Crippen LogP contribution in [-0.4, -0.2) is 44.1 Å². The summed E-state index contributed by atoms with van der Waals surface area (Å²) in [4.78, 5) is 24.0. The van der Waals surface area contributed by atoms with Crippen molar-refractivity contribution in [3.63, 3.8) is 0 Å². The van der Waals surface area contributed by atoms with Gasteiger partial charge in [0.15, 0.2) is 17.5 Å². The molecule has 178 valence electrons. The standard InChI is InChI=1S/C25H28F2N6O/c1-15-10-23(32-31-15)29-22-14-19(28-25(30-22)18-3-4-18)11-16-6-8-33(9-7-16)24(34)13-17-2-5-20(26)21(27)12-17/h2,5,10,12,14,16,18H,3-4,6-9,11,13H2,1H3,(H2,28,29,30,31,32). The molecule has 34 heavy (non-hydrogen) atoms. The molecule has 2 fully saturated rings. The number of carbonyl (C=O) groups excluding carboxylic acids is 1. The molecule has 1 amide bonds. The van der Waals surface area contributed by atoms with Gasteiger partial charge in [-0.3, -0.25) is 9.89 Å². The first kappa shape index (κ1) is 22.4. The zero-order chi connectivity index (χ0) is 23.7. The fourth-order valence-corrected chi connectivity index (χ4v) is 4.44. The van der Waals surface area contributed by atoms with E-state index in [0.29, 0.717) is 30.5 Å². The first-order chi connectivity index (χ1) is 16.4. The van der Waals surface area contributed by atoms with Gasteiger partial charge in [0.1, 0.15) is 11.6 Å². The maximum atomic E-state index is 13.4. The average molecular weight is 467 g/mol. The number of likely N-dealkylation sites (tertiary alicyclic amines) is 1. The number of nitrogens with one attached hydrogen (secondary N) is 2. The Balaban J connectivity index is 1.19. The predicted octanol–water partition coefficient (Wildman–Crippen LogP) is 4.43. The van der Waals surface area contributed by atoms with Gasteiger partial charge in [-0.2, -0.15) is 5.10 Å². The summed E-state index contributed by atoms with van der Waals surface area (Å²) >= 11 is 0. The molecule has 3 heterocycles. The molecule has 9 heteroatoms. The third-order valence-corrected chi connectivity index (χ3v) is 6.51. The monoisotopic (exact) mass is 466 g/mol. The Morgan fingerprint density at radius 3 is 2.53 bits per heavy atom. The van der Waals surface area contributed by atoms with E-state index in [-0.39, 0.29) is 12.3 Å². The number of hydrogen-bond donors (Lipinski definition) is 2. The molecule has 1 aromatic carbocycles. The number of nitrogens with zero attached hydrogens (tertiary/aromatic N) is 4. The summed E-state index contributed by atoms with van der Waals surface area (Å²) in [6, 6.07) is 7.56. The van der Waals surface area contributed by atoms with Crippen molar-refractivity contribution >= 4 is 17.5 Å². The van der Waals surface area contributed by atoms with Crippen LogP contribution in [0.4, 0.5) is 20.4 Å². The molecule has 1 saturated carbocycles. The molecule has 2 N–H and O–H groups in total. The summed E-state index contributed by atoms with van der Waals surface area (Å²) < 4.78 is 26.6. The van der Waals surface area contributed by atoms with E-state index in [0.717, 1.165) is 73.1 Å². The Labute approximate surface area is 197 Å². The van der Waals surface area contributed by atoms with Crippen molar-refractivity contribution in [1.29, 1.82) is 0 Å². The fourth-order valence-electron chi connectivity index (χ4n) is 4.44. The van der Waals surface area contributed by atoms with E-state index in [9.17, 15) is 13.6 Å². The van der Waals surface area contributed by atoms with Gasteiger partial charge in [0.25, 0.3) is 0 Å². The normalized spacial score (nSPS) is 16.6. The largest absolute Gasteiger partial charge is 0.342 e. The molecule has 0 atom stereocenters. The molecule has 0 bridgehead atoms. The second-order valence-corrected chi connectivity index (χ2v) is 9.39. The second kappa shape index (κ2) is 9.48. The van der Waals surface area contributed by atoms with Crippen molar-refractivity contribution in [2.24, 2.45) is 5.92 Å². The van der Waals surface area contributed by atoms with Gasteiger partial charge in [-0.05, 0) is 62.6 Å². The van der Waals surface area contributed by atoms with Crippen molar-refractivity contribution in [3.8, 4) is 0 Å². The number of aromatic amines is 1. The summed E-state index contributed by atoms with van der Waals surface area (Å²) in [7, 11) is 0. The van der Waals surface area contributed by atoms with Crippen LogP contribution in [0.2, 0.25) is 0 Å². The molecule has 5 rings (SSSR count). The average Bonchev–Trinajstić information content (AvgIpc) is 3.59. The molecule has 0 spiro atoms. The van der Waals surface area contributed by atoms with E-state index >= 15 is 0 Å². The molecule has 1 saturated heterocycles. The van der Waals surface area contributed by atoms with Gasteiger partial charge in [0, 0.05) is 42.5 Å². The van der Waals surface area contributed by atoms with Crippen LogP contribution in [0.5, 0.6) is 0 Å². The van der Waals surface area contributed by atoms with Crippen LogP contribution < -0.4 is 5.32 Å². The molecule has 0 radical (unpaired) electrons. The van der Waals surface area contributed by atoms with Crippen LogP contribution in [-0.2, 0) is 17.6 Å². The smallest absolute Gasteiger partial charge is 0.226 e. The molecule has 1 aliphatic heterocycles. The summed E-state index contributed by atoms with van der Waals surface area (Å²) in [6.45, 7) is 3.27. The van der Waals surface area contributed by atoms with Crippen molar-refractivity contribution in [2.75, 3.05) is 18.4 Å². The van der Waals surface area contributed by atoms with E-state index in [1.165, 1.54) is 6.07 Å². The lowest BCUT2D eigenvalue weighted by molar-refractivity contribution is -0.131. The molecular formula is C25H28F2N6O. The summed E-state index contributed by atoms with van der Waals surface area (Å²) in [6.07, 6.45) is 4.94. The minimum atomic E-state index is -0.921. The molecule has 2 aromatic heterocycles. The first-order valence-corrected chi connectivity index (χ1v) is 11.8. The fraction of sp³-hybridized carbons (Fsp3) is 0.440. The number of rotatable bonds is 7. The summed E-state index contributed by atoms with van der Waals surface area (Å²) in [5, 5.41) is 10.4. The van der Waals surface area contributed by atoms with E-state index in [1.807, 2.05) is 24.0 Å². The van der Waals surface area contributed by atoms with Crippen LogP contribution in [0.1, 0.15) is 54.4 Å². The van der Waals surface area contributed by atoms with E-state index in [1.54, 1.807) is 0 Å². The Morgan fingerprint density at radius 2 is 1.85 bits per heavy atom. The lowest BCUT2D eigenvalue weighted by atomic mass is 9.91. The zero-order valence-electron chi connectivity index (χ0n) is 19.2. The molecular weight excluding hydrogens is 438 g/mol. The van der Waals surface area contributed by atoms with Gasteiger partial charge in [-0.15, -0.1) is 0 Å². The molecule has 0 unspecified atom stereocenters. The first-order valence-electron chi connectivity index (χ1n) is 11.8. The van der Waals surface area contributed by atoms with Gasteiger partial charge in [0.2, 0.25) is 5.91 Å². The van der Waals surface area contributed by atoms with Gasteiger partial charge in [-0.1, -0.05) is 6.07 Å². The van der Waals surface area contributed by atoms with E-state index in [2.05, 4.69) is 15.5 Å². The number of carbonyl (C=O) groups is 1. The quantitative estimate of drug-likeness (QED) is 0.538. The lowest BCUT2D eigenvalue weighted by Gasteiger charge is -2.32. The summed E-state index contributed by atoms with van der Waals surface area (Å²) in [5.41, 5.74) is 2.48. The van der Waals surface area contributed by atoms with Gasteiger partial charge >= 0.3 is 0 Å². The van der Waals surface area contributed by atoms with E-state index in [4.69, 9.17) is 9.97 Å². The number of amides is 1. The zero-order valence-corrected chi connectivity index (χ0v) is 19.2. The summed E-state index contributed by atoms with van der Waals surface area (Å²) in [5.74, 6) is 1.39. The minimum Gasteiger partial charge on any atom is -0.342 e. The van der Waals surface area contributed by atoms with Crippen LogP contribution in [0.15, 0.2) is 30.3 Å². The number of halogens is 2. The number of benzene rings is 1. The highest BCUT2D eigenvalue weighted by Crippen LogP contribution is 2.39. The van der Waals surface area contributed by atoms with Crippen molar-refractivity contribution in [3.05, 3.63) is 64.7 Å². The molecule has 7 nitrogen and oxygen atoms in total. The number of hydrogen-bond acceptors (Lipinski definition) is 5. The Morgan fingerprint density at radius 1 is 1.06 bits per heavy atom. The Hall–Kier alpha value is -3.36. The maximum Gasteiger partial charge on any atom is 0.226 e. The topological polar surface area (TPSA) is 86.8 Å². The molecule has 1 aliphatic carbocycles. The highest BCUT2D eigenvalue weighted by molar-refractivity contribution is 5.78. The number of piperidine rings is 1. The van der Waals surface area contributed by atoms with E-state index < -0.39 is 11.6 Å². The molecule has 2 aliphatic rings. The SMILES string of the molecule is Cc1cc(Nc2cc(CC3CCN(C(=O)Cc4ccc(F)c(F)c4)CC3)nc(C3CC3)n2)n[nH]1. The highest BCUT2D eigenvalue weighted by Gasteiger charge is 2.28. The minimum absolute atomic E-state index is 0.0525. The van der Waals surface area contributed by atoms with Crippen molar-refractivity contribution < 1.29 is 13.6 Å². The third kappa shape index (κ3) is 5.40. The Kier molecular flexibility index (Phi) is 6.26. The third-order valence-electron chi connectivity index (χ3n) is 6.51. The molecule has 3 aromatic rings. The van der Waals surface area contributed by atoms with Crippen LogP contribution in [0, 0.1) is 24.5 Å². The predicted molar refractivity (Wildman–Crippen MR) is 124 cm³/mol. The van der Waals surface area contributed by atoms with Gasteiger partial charge in [-0.25, -0.2) is 18.7 Å². The van der Waals surface area contributed by atoms with Crippen LogP contribution in [0.25, 0.3) is 0 Å². The Bertz CT molecular complexity index is 1180.